The number of nitrogens with one attached hydrogen (secondary N) is 1. The number of imide groups is 2. The van der Waals surface area contributed by atoms with E-state index < -0.39 is 36.1 Å². The molecular weight excluding hydrogens is 305 g/mol. The standard InChI is InChI=1S/C15H14FN3O4/c1-8-2-3-9(6-11(8)16)17-12(20)7-18-13(21)14(22)19(15(18)23)10-4-5-10/h2-3,6,10H,4-5,7H2,1H3,(H,17,20). The summed E-state index contributed by atoms with van der Waals surface area (Å²) in [5.74, 6) is -3.06. The van der Waals surface area contributed by atoms with Gasteiger partial charge < -0.3 is 5.32 Å². The molecule has 1 N–H and O–H groups in total. The molecule has 0 atom stereocenters. The minimum absolute atomic E-state index is 0.211. The molecular formula is C15H14FN3O4. The van der Waals surface area contributed by atoms with Crippen molar-refractivity contribution in [3.05, 3.63) is 29.6 Å². The lowest BCUT2D eigenvalue weighted by Crippen LogP contribution is -2.39. The van der Waals surface area contributed by atoms with Crippen molar-refractivity contribution in [2.45, 2.75) is 25.8 Å². The molecule has 0 bridgehead atoms. The Balaban J connectivity index is 1.67. The topological polar surface area (TPSA) is 86.8 Å². The van der Waals surface area contributed by atoms with Gasteiger partial charge in [0.05, 0.1) is 0 Å². The van der Waals surface area contributed by atoms with E-state index in [-0.39, 0.29) is 11.7 Å². The molecule has 2 aliphatic rings. The highest BCUT2D eigenvalue weighted by Crippen LogP contribution is 2.30. The van der Waals surface area contributed by atoms with Gasteiger partial charge in [0.15, 0.2) is 0 Å². The van der Waals surface area contributed by atoms with Gasteiger partial charge in [-0.3, -0.25) is 19.3 Å². The van der Waals surface area contributed by atoms with Crippen LogP contribution in [0.1, 0.15) is 18.4 Å². The van der Waals surface area contributed by atoms with Gasteiger partial charge in [-0.05, 0) is 37.5 Å². The zero-order valence-corrected chi connectivity index (χ0v) is 12.3. The summed E-state index contributed by atoms with van der Waals surface area (Å²) in [5, 5.41) is 2.40. The number of rotatable bonds is 4. The van der Waals surface area contributed by atoms with Crippen molar-refractivity contribution in [1.82, 2.24) is 9.80 Å². The molecule has 7 nitrogen and oxygen atoms in total. The lowest BCUT2D eigenvalue weighted by molar-refractivity contribution is -0.143. The number of amides is 5. The molecule has 1 aromatic rings. The van der Waals surface area contributed by atoms with Gasteiger partial charge in [0.1, 0.15) is 12.4 Å². The number of carbonyl (C=O) groups excluding carboxylic acids is 4. The lowest BCUT2D eigenvalue weighted by atomic mass is 10.2. The number of hydrogen-bond donors (Lipinski definition) is 1. The molecule has 1 aromatic carbocycles. The van der Waals surface area contributed by atoms with Crippen molar-refractivity contribution in [3.63, 3.8) is 0 Å². The second kappa shape index (κ2) is 5.45. The molecule has 1 heterocycles. The van der Waals surface area contributed by atoms with Crippen LogP contribution < -0.4 is 5.32 Å². The maximum atomic E-state index is 13.4. The summed E-state index contributed by atoms with van der Waals surface area (Å²) in [6.45, 7) is 1.00. The number of urea groups is 1. The molecule has 3 rings (SSSR count). The van der Waals surface area contributed by atoms with Crippen molar-refractivity contribution in [3.8, 4) is 0 Å². The molecule has 0 aromatic heterocycles. The average Bonchev–Trinajstić information content (AvgIpc) is 3.29. The predicted molar refractivity (Wildman–Crippen MR) is 76.7 cm³/mol. The maximum Gasteiger partial charge on any atom is 0.334 e. The van der Waals surface area contributed by atoms with E-state index in [1.165, 1.54) is 12.1 Å². The van der Waals surface area contributed by atoms with Crippen LogP contribution in [0, 0.1) is 12.7 Å². The van der Waals surface area contributed by atoms with Crippen LogP contribution in [0.4, 0.5) is 14.9 Å². The molecule has 0 unspecified atom stereocenters. The summed E-state index contributed by atoms with van der Waals surface area (Å²) in [4.78, 5) is 49.1. The van der Waals surface area contributed by atoms with Gasteiger partial charge in [-0.2, -0.15) is 0 Å². The van der Waals surface area contributed by atoms with E-state index in [0.29, 0.717) is 23.3 Å². The van der Waals surface area contributed by atoms with Crippen molar-refractivity contribution >= 4 is 29.4 Å². The highest BCUT2D eigenvalue weighted by atomic mass is 19.1. The van der Waals surface area contributed by atoms with E-state index in [1.54, 1.807) is 6.92 Å². The number of anilines is 1. The van der Waals surface area contributed by atoms with Crippen LogP contribution >= 0.6 is 0 Å². The first-order valence-corrected chi connectivity index (χ1v) is 7.13. The molecule has 1 saturated carbocycles. The Morgan fingerprint density at radius 1 is 1.26 bits per heavy atom. The van der Waals surface area contributed by atoms with E-state index >= 15 is 0 Å². The van der Waals surface area contributed by atoms with Gasteiger partial charge in [-0.25, -0.2) is 14.1 Å². The molecule has 0 radical (unpaired) electrons. The molecule has 5 amide bonds. The summed E-state index contributed by atoms with van der Waals surface area (Å²) >= 11 is 0. The molecule has 1 aliphatic carbocycles. The summed E-state index contributed by atoms with van der Waals surface area (Å²) in [6.07, 6.45) is 1.35. The monoisotopic (exact) mass is 319 g/mol. The Morgan fingerprint density at radius 3 is 2.57 bits per heavy atom. The average molecular weight is 319 g/mol. The normalized spacial score (nSPS) is 17.9. The van der Waals surface area contributed by atoms with Crippen LogP contribution in [0.25, 0.3) is 0 Å². The van der Waals surface area contributed by atoms with E-state index in [1.807, 2.05) is 0 Å². The van der Waals surface area contributed by atoms with Gasteiger partial charge in [-0.1, -0.05) is 6.07 Å². The molecule has 0 spiro atoms. The van der Waals surface area contributed by atoms with Crippen LogP contribution in [-0.4, -0.2) is 46.1 Å². The van der Waals surface area contributed by atoms with Crippen molar-refractivity contribution < 1.29 is 23.6 Å². The van der Waals surface area contributed by atoms with Crippen LogP contribution in [0.3, 0.4) is 0 Å². The largest absolute Gasteiger partial charge is 0.334 e. The van der Waals surface area contributed by atoms with E-state index in [2.05, 4.69) is 5.32 Å². The Bertz CT molecular complexity index is 729. The summed E-state index contributed by atoms with van der Waals surface area (Å²) in [6, 6.07) is 3.13. The zero-order chi connectivity index (χ0) is 16.7. The summed E-state index contributed by atoms with van der Waals surface area (Å²) < 4.78 is 13.4. The number of carbonyl (C=O) groups is 4. The Morgan fingerprint density at radius 2 is 1.96 bits per heavy atom. The first-order chi connectivity index (χ1) is 10.9. The van der Waals surface area contributed by atoms with Crippen LogP contribution in [-0.2, 0) is 14.4 Å². The minimum atomic E-state index is -1.01. The Labute approximate surface area is 131 Å². The predicted octanol–water partition coefficient (Wildman–Crippen LogP) is 1.03. The van der Waals surface area contributed by atoms with Crippen LogP contribution in [0.15, 0.2) is 18.2 Å². The summed E-state index contributed by atoms with van der Waals surface area (Å²) in [7, 11) is 0. The van der Waals surface area contributed by atoms with Crippen LogP contribution in [0.2, 0.25) is 0 Å². The first-order valence-electron chi connectivity index (χ1n) is 7.13. The Hall–Kier alpha value is -2.77. The number of nitrogens with zero attached hydrogens (tertiary/aromatic N) is 2. The van der Waals surface area contributed by atoms with Gasteiger partial charge in [-0.15, -0.1) is 0 Å². The second-order valence-corrected chi connectivity index (χ2v) is 5.59. The van der Waals surface area contributed by atoms with Crippen LogP contribution in [0.5, 0.6) is 0 Å². The van der Waals surface area contributed by atoms with Gasteiger partial charge >= 0.3 is 17.8 Å². The van der Waals surface area contributed by atoms with Gasteiger partial charge in [0.25, 0.3) is 0 Å². The van der Waals surface area contributed by atoms with Gasteiger partial charge in [0, 0.05) is 11.7 Å². The number of aryl methyl sites for hydroxylation is 1. The number of halogens is 1. The molecule has 120 valence electrons. The molecule has 1 saturated heterocycles. The molecule has 23 heavy (non-hydrogen) atoms. The number of benzene rings is 1. The number of hydrogen-bond acceptors (Lipinski definition) is 4. The smallest absolute Gasteiger partial charge is 0.324 e. The zero-order valence-electron chi connectivity index (χ0n) is 12.3. The third-order valence-corrected chi connectivity index (χ3v) is 3.75. The van der Waals surface area contributed by atoms with E-state index in [0.717, 1.165) is 11.0 Å². The van der Waals surface area contributed by atoms with Crippen molar-refractivity contribution in [1.29, 1.82) is 0 Å². The minimum Gasteiger partial charge on any atom is -0.324 e. The molecule has 8 heteroatoms. The third-order valence-electron chi connectivity index (χ3n) is 3.75. The maximum absolute atomic E-state index is 13.4. The highest BCUT2D eigenvalue weighted by molar-refractivity contribution is 6.45. The van der Waals surface area contributed by atoms with Crippen molar-refractivity contribution in [2.24, 2.45) is 0 Å². The van der Waals surface area contributed by atoms with Crippen molar-refractivity contribution in [2.75, 3.05) is 11.9 Å². The highest BCUT2D eigenvalue weighted by Gasteiger charge is 2.51. The SMILES string of the molecule is Cc1ccc(NC(=O)CN2C(=O)C(=O)N(C3CC3)C2=O)cc1F. The van der Waals surface area contributed by atoms with E-state index in [4.69, 9.17) is 0 Å². The van der Waals surface area contributed by atoms with E-state index in [9.17, 15) is 23.6 Å². The quantitative estimate of drug-likeness (QED) is 0.663. The van der Waals surface area contributed by atoms with Gasteiger partial charge in [0.2, 0.25) is 5.91 Å². The summed E-state index contributed by atoms with van der Waals surface area (Å²) in [5.41, 5.74) is 0.640. The lowest BCUT2D eigenvalue weighted by Gasteiger charge is -2.14. The Kier molecular flexibility index (Phi) is 3.59. The fraction of sp³-hybridized carbons (Fsp3) is 0.333. The fourth-order valence-electron chi connectivity index (χ4n) is 2.33. The second-order valence-electron chi connectivity index (χ2n) is 5.59. The third kappa shape index (κ3) is 2.79. The fourth-order valence-corrected chi connectivity index (χ4v) is 2.33. The molecule has 1 aliphatic heterocycles. The molecule has 2 fully saturated rings. The first kappa shape index (κ1) is 15.1.